The molecule has 0 bridgehead atoms. The van der Waals surface area contributed by atoms with Crippen LogP contribution in [0.5, 0.6) is 0 Å². The van der Waals surface area contributed by atoms with Crippen LogP contribution >= 0.6 is 0 Å². The van der Waals surface area contributed by atoms with Crippen molar-refractivity contribution in [2.45, 2.75) is 287 Å². The second-order valence-corrected chi connectivity index (χ2v) is 35.7. The fourth-order valence-electron chi connectivity index (χ4n) is 25.3. The maximum Gasteiger partial charge on any atom is 0.303 e. The molecule has 24 heteroatoms. The molecule has 10 saturated carbocycles. The Labute approximate surface area is 611 Å². The van der Waals surface area contributed by atoms with Gasteiger partial charge < -0.3 is 63.8 Å². The Balaban J connectivity index is 0.000000134. The van der Waals surface area contributed by atoms with Crippen LogP contribution in [0.4, 0.5) is 13.2 Å². The summed E-state index contributed by atoms with van der Waals surface area (Å²) in [6, 6.07) is 0. The molecule has 0 radical (unpaired) electrons. The van der Waals surface area contributed by atoms with Gasteiger partial charge >= 0.3 is 11.9 Å². The fraction of sp³-hybridized carbons (Fsp3) is 0.753. The molecule has 16 aliphatic rings. The Morgan fingerprint density at radius 3 is 1.58 bits per heavy atom. The Morgan fingerprint density at radius 1 is 0.571 bits per heavy atom. The minimum absolute atomic E-state index is 0.0110. The molecule has 0 aromatic carbocycles. The number of carbonyl (C=O) groups excluding carboxylic acids is 7. The lowest BCUT2D eigenvalue weighted by Gasteiger charge is -2.63. The number of halogens is 3. The number of hydrogen-bond donors (Lipinski definition) is 6. The molecular formula is C81H107F3O21. The highest BCUT2D eigenvalue weighted by atomic mass is 19.2. The van der Waals surface area contributed by atoms with Gasteiger partial charge in [-0.1, -0.05) is 70.4 Å². The molecule has 3 aliphatic heterocycles. The minimum Gasteiger partial charge on any atom is -0.481 e. The van der Waals surface area contributed by atoms with Crippen LogP contribution in [-0.2, 0) is 71.5 Å². The fourth-order valence-corrected chi connectivity index (χ4v) is 25.3. The number of ketones is 6. The summed E-state index contributed by atoms with van der Waals surface area (Å²) in [5, 5.41) is 62.1. The van der Waals surface area contributed by atoms with Crippen molar-refractivity contribution in [3.8, 4) is 0 Å². The summed E-state index contributed by atoms with van der Waals surface area (Å²) in [4.78, 5) is 97.5. The van der Waals surface area contributed by atoms with Crippen molar-refractivity contribution in [1.29, 1.82) is 0 Å². The molecule has 0 aromatic rings. The van der Waals surface area contributed by atoms with E-state index in [0.717, 1.165) is 50.2 Å². The van der Waals surface area contributed by atoms with Crippen molar-refractivity contribution >= 4 is 46.6 Å². The Bertz CT molecular complexity index is 3830. The molecule has 578 valence electrons. The topological polar surface area (TPSA) is 323 Å². The number of aliphatic hydroxyl groups excluding tert-OH is 5. The average molecular weight is 1470 g/mol. The summed E-state index contributed by atoms with van der Waals surface area (Å²) in [5.41, 5.74) is -12.1. The van der Waals surface area contributed by atoms with Crippen molar-refractivity contribution in [2.24, 2.45) is 73.9 Å². The lowest BCUT2D eigenvalue weighted by molar-refractivity contribution is -0.253. The normalized spacial score (nSPS) is 47.8. The third-order valence-electron chi connectivity index (χ3n) is 29.7. The van der Waals surface area contributed by atoms with E-state index in [-0.39, 0.29) is 83.5 Å². The third-order valence-corrected chi connectivity index (χ3v) is 29.7. The molecule has 105 heavy (non-hydrogen) atoms. The predicted octanol–water partition coefficient (Wildman–Crippen LogP) is 9.48. The quantitative estimate of drug-likeness (QED) is 0.111. The lowest BCUT2D eigenvalue weighted by atomic mass is 9.44. The SMILES string of the molecule is CC(=O)OCC(=O)[C@@]12OC3(CCCC3)O[C@@H]1C[C@H]1[C@@H]3CCC4=CC(=O)C=C[C@]4(C)[C@@]3(F)[C@@H](O)C[C@@]12C.CC1(C)O[C@@H]2C[C@H]3[C@@H]4CCC5=CC(=O)C=C[C@]5(C)[C@H]4[C@@H](O)C[C@]3(C)[C@]2(C(=O)CO)O1.CC1(C)O[C@@H]2C[C@H]3[C@@H]4C[C@H](F)C5=CC(=O)C=C[C@]5(C)[C@@]4(F)[C@@H](O)C[C@]3(C)[C@]2(C(=O)CO)O1.CCCCC(=O)O. The van der Waals surface area contributed by atoms with Gasteiger partial charge in [0.2, 0.25) is 5.78 Å². The lowest BCUT2D eigenvalue weighted by Crippen LogP contribution is -2.71. The van der Waals surface area contributed by atoms with Crippen LogP contribution < -0.4 is 0 Å². The molecule has 1 spiro atoms. The van der Waals surface area contributed by atoms with E-state index in [9.17, 15) is 63.9 Å². The van der Waals surface area contributed by atoms with Crippen LogP contribution in [0.2, 0.25) is 0 Å². The van der Waals surface area contributed by atoms with E-state index in [4.69, 9.17) is 38.3 Å². The molecule has 13 fully saturated rings. The highest BCUT2D eigenvalue weighted by molar-refractivity contribution is 6.03. The number of unbranched alkanes of at least 4 members (excludes halogenated alkanes) is 1. The van der Waals surface area contributed by atoms with Crippen LogP contribution in [0.3, 0.4) is 0 Å². The molecule has 16 rings (SSSR count). The van der Waals surface area contributed by atoms with Crippen molar-refractivity contribution in [3.63, 3.8) is 0 Å². The number of hydrogen-bond acceptors (Lipinski definition) is 20. The number of carboxylic acids is 1. The van der Waals surface area contributed by atoms with E-state index < -0.39 is 176 Å². The van der Waals surface area contributed by atoms with Gasteiger partial charge in [0.05, 0.1) is 36.6 Å². The third kappa shape index (κ3) is 10.9. The number of aliphatic carboxylic acids is 1. The molecule has 13 aliphatic carbocycles. The molecule has 0 unspecified atom stereocenters. The van der Waals surface area contributed by atoms with Crippen molar-refractivity contribution in [1.82, 2.24) is 0 Å². The average Bonchev–Trinajstić information content (AvgIpc) is 1.56. The maximum absolute atomic E-state index is 17.4. The molecule has 3 saturated heterocycles. The first-order chi connectivity index (χ1) is 48.9. The number of carboxylic acid groups (broad SMARTS) is 1. The maximum atomic E-state index is 17.4. The Morgan fingerprint density at radius 2 is 1.05 bits per heavy atom. The zero-order chi connectivity index (χ0) is 76.6. The van der Waals surface area contributed by atoms with Crippen molar-refractivity contribution in [3.05, 3.63) is 71.4 Å². The number of Topliss-reactive ketones (excluding diaryl/α,β-unsaturated/α-hetero) is 3. The molecular weight excluding hydrogens is 1370 g/mol. The molecule has 0 amide bonds. The van der Waals surface area contributed by atoms with Gasteiger partial charge in [0.25, 0.3) is 0 Å². The minimum atomic E-state index is -2.24. The number of ether oxygens (including phenoxy) is 7. The van der Waals surface area contributed by atoms with Gasteiger partial charge in [0, 0.05) is 76.4 Å². The van der Waals surface area contributed by atoms with Crippen LogP contribution in [0.15, 0.2) is 71.4 Å². The van der Waals surface area contributed by atoms with Gasteiger partial charge in [-0.15, -0.1) is 0 Å². The second-order valence-electron chi connectivity index (χ2n) is 35.7. The molecule has 0 aromatic heterocycles. The number of carbonyl (C=O) groups is 8. The standard InChI is InChI=1S/C28H35FO7.C24H30F2O6.C24H32O6.C5H10O2/c1-16(30)34-15-22(33)28-23(35-26(36-28)9-4-5-10-26)13-20-19-7-6-17-12-18(31)8-11-24(17,2)27(19,29)21(32)14-25(20,28)3;1-20(2)31-19-9-13-14-8-16(25)15-7-12(28)5-6-21(15,3)23(14,26)17(29)10-22(13,4)24(19,32-20)18(30)11-27;1-21(2)29-19-10-16-15-6-5-13-9-14(26)7-8-22(13,3)20(15)17(27)11-23(16,4)24(19,30-21)18(28)12-25;1-2-3-4-5(6)7/h8,11-12,19-21,23,32H,4-7,9-10,13-15H2,1-3H3;5-7,13-14,16-17,19,27,29H,8-11H2,1-4H3;7-9,15-17,19-20,25,27H,5-6,10-12H2,1-4H3;2-4H2,1H3,(H,6,7)/t19-,20-,21-,23+,24-,25-,27-,28+;13-,14-,16-,17-,19+,21-,22-,23-,24+;15-,16-,17-,19+,20+,22-,23-,24+;/m000./s1. The molecule has 21 nitrogen and oxygen atoms in total. The summed E-state index contributed by atoms with van der Waals surface area (Å²) in [6.07, 6.45) is 16.2. The summed E-state index contributed by atoms with van der Waals surface area (Å²) in [5.74, 6) is -7.97. The van der Waals surface area contributed by atoms with Gasteiger partial charge in [0.1, 0.15) is 19.4 Å². The highest BCUT2D eigenvalue weighted by Gasteiger charge is 2.84. The van der Waals surface area contributed by atoms with E-state index >= 15 is 13.2 Å². The molecule has 25 atom stereocenters. The number of esters is 1. The Kier molecular flexibility index (Phi) is 19.2. The zero-order valence-corrected chi connectivity index (χ0v) is 62.6. The first-order valence-corrected chi connectivity index (χ1v) is 38.1. The molecule has 3 heterocycles. The molecule has 6 N–H and O–H groups in total. The van der Waals surface area contributed by atoms with Gasteiger partial charge in [0.15, 0.2) is 81.0 Å². The van der Waals surface area contributed by atoms with Crippen LogP contribution in [0.25, 0.3) is 0 Å². The van der Waals surface area contributed by atoms with E-state index in [2.05, 4.69) is 6.92 Å². The predicted molar refractivity (Wildman–Crippen MR) is 370 cm³/mol. The smallest absolute Gasteiger partial charge is 0.303 e. The number of aliphatic hydroxyl groups is 5. The van der Waals surface area contributed by atoms with Gasteiger partial charge in [-0.05, 0) is 197 Å². The summed E-state index contributed by atoms with van der Waals surface area (Å²) in [7, 11) is 0. The summed E-state index contributed by atoms with van der Waals surface area (Å²) >= 11 is 0. The second kappa shape index (κ2) is 25.9. The first kappa shape index (κ1) is 77.9. The number of rotatable bonds is 10. The first-order valence-electron chi connectivity index (χ1n) is 38.1. The van der Waals surface area contributed by atoms with Gasteiger partial charge in [-0.2, -0.15) is 0 Å². The van der Waals surface area contributed by atoms with Crippen LogP contribution in [0, 0.1) is 73.9 Å². The zero-order valence-electron chi connectivity index (χ0n) is 62.6. The summed E-state index contributed by atoms with van der Waals surface area (Å²) in [6.45, 7) is 19.6. The van der Waals surface area contributed by atoms with Crippen LogP contribution in [0.1, 0.15) is 199 Å². The largest absolute Gasteiger partial charge is 0.481 e. The van der Waals surface area contributed by atoms with Crippen molar-refractivity contribution in [2.75, 3.05) is 19.8 Å². The number of allylic oxidation sites excluding steroid dienone is 12. The monoisotopic (exact) mass is 1470 g/mol. The number of alkyl halides is 3. The summed E-state index contributed by atoms with van der Waals surface area (Å²) < 4.78 is 93.2. The van der Waals surface area contributed by atoms with E-state index in [1.54, 1.807) is 59.8 Å². The van der Waals surface area contributed by atoms with E-state index in [0.29, 0.717) is 56.9 Å². The Hall–Kier alpha value is -5.25. The van der Waals surface area contributed by atoms with Gasteiger partial charge in [-0.25, -0.2) is 13.2 Å². The van der Waals surface area contributed by atoms with Crippen molar-refractivity contribution < 1.29 is 115 Å². The van der Waals surface area contributed by atoms with Crippen LogP contribution in [-0.4, -0.2) is 185 Å². The number of fused-ring (bicyclic) bond motifs is 21. The van der Waals surface area contributed by atoms with E-state index in [1.165, 1.54) is 38.2 Å². The highest BCUT2D eigenvalue weighted by Crippen LogP contribution is 2.76. The van der Waals surface area contributed by atoms with E-state index in [1.807, 2.05) is 26.8 Å². The van der Waals surface area contributed by atoms with Gasteiger partial charge in [-0.3, -0.25) is 38.4 Å².